The van der Waals surface area contributed by atoms with Crippen LogP contribution in [-0.4, -0.2) is 29.2 Å². The number of carbonyl (C=O) groups excluding carboxylic acids is 3. The number of anilines is 2. The lowest BCUT2D eigenvalue weighted by atomic mass is 10.1. The lowest BCUT2D eigenvalue weighted by molar-refractivity contribution is -0.123. The topological polar surface area (TPSA) is 154 Å². The molecule has 0 spiro atoms. The number of benzene rings is 2. The van der Waals surface area contributed by atoms with Gasteiger partial charge >= 0.3 is 0 Å². The van der Waals surface area contributed by atoms with E-state index in [0.717, 1.165) is 0 Å². The average Bonchev–Trinajstić information content (AvgIpc) is 3.51. The first-order valence-corrected chi connectivity index (χ1v) is 12.1. The Balaban J connectivity index is 1.81. The van der Waals surface area contributed by atoms with Gasteiger partial charge in [0.1, 0.15) is 28.0 Å². The van der Waals surface area contributed by atoms with E-state index in [2.05, 4.69) is 9.69 Å². The van der Waals surface area contributed by atoms with Gasteiger partial charge in [-0.25, -0.2) is 4.39 Å². The first-order chi connectivity index (χ1) is 18.2. The van der Waals surface area contributed by atoms with Crippen molar-refractivity contribution in [3.63, 3.8) is 0 Å². The van der Waals surface area contributed by atoms with Crippen LogP contribution >= 0.6 is 11.5 Å². The summed E-state index contributed by atoms with van der Waals surface area (Å²) in [6.45, 7) is 1.76. The molecule has 1 atom stereocenters. The number of ether oxygens (including phenoxy) is 1. The molecular weight excluding hydrogens is 513 g/mol. The Labute approximate surface area is 221 Å². The molecule has 2 aromatic heterocycles. The van der Waals surface area contributed by atoms with Crippen LogP contribution in [0.3, 0.4) is 0 Å². The van der Waals surface area contributed by atoms with Gasteiger partial charge < -0.3 is 25.9 Å². The normalized spacial score (nSPS) is 11.6. The van der Waals surface area contributed by atoms with E-state index in [9.17, 15) is 18.8 Å². The summed E-state index contributed by atoms with van der Waals surface area (Å²) in [4.78, 5) is 40.5. The van der Waals surface area contributed by atoms with Crippen molar-refractivity contribution in [2.75, 3.05) is 17.7 Å². The second kappa shape index (κ2) is 11.1. The van der Waals surface area contributed by atoms with Crippen LogP contribution in [0, 0.1) is 12.7 Å². The quantitative estimate of drug-likeness (QED) is 0.295. The van der Waals surface area contributed by atoms with Crippen LogP contribution in [0.2, 0.25) is 0 Å². The van der Waals surface area contributed by atoms with Crippen LogP contribution in [0.5, 0.6) is 5.75 Å². The molecule has 0 saturated carbocycles. The smallest absolute Gasteiger partial charge is 0.273 e. The number of methoxy groups -OCH3 is 1. The lowest BCUT2D eigenvalue weighted by Crippen LogP contribution is -2.43. The molecule has 0 bridgehead atoms. The zero-order chi connectivity index (χ0) is 27.4. The number of nitrogens with zero attached hydrogens (tertiary/aromatic N) is 2. The van der Waals surface area contributed by atoms with Gasteiger partial charge in [0.15, 0.2) is 11.7 Å². The summed E-state index contributed by atoms with van der Waals surface area (Å²) in [6.07, 6.45) is 0. The fourth-order valence-electron chi connectivity index (χ4n) is 3.74. The van der Waals surface area contributed by atoms with Crippen LogP contribution in [0.1, 0.15) is 43.3 Å². The van der Waals surface area contributed by atoms with E-state index in [4.69, 9.17) is 20.6 Å². The molecule has 0 radical (unpaired) electrons. The number of aromatic nitrogens is 1. The minimum atomic E-state index is -1.30. The lowest BCUT2D eigenvalue weighted by Gasteiger charge is -2.30. The van der Waals surface area contributed by atoms with E-state index in [1.807, 2.05) is 0 Å². The van der Waals surface area contributed by atoms with Gasteiger partial charge in [0, 0.05) is 18.3 Å². The van der Waals surface area contributed by atoms with Crippen molar-refractivity contribution in [1.82, 2.24) is 9.69 Å². The number of nitrogens with one attached hydrogen (secondary N) is 1. The molecule has 0 aliphatic heterocycles. The Morgan fingerprint density at radius 2 is 1.89 bits per heavy atom. The van der Waals surface area contributed by atoms with E-state index in [1.54, 1.807) is 43.3 Å². The summed E-state index contributed by atoms with van der Waals surface area (Å²) in [5.74, 6) is -1.47. The molecule has 196 valence electrons. The number of nitrogen functional groups attached to an aromatic ring is 1. The van der Waals surface area contributed by atoms with Gasteiger partial charge in [-0.3, -0.25) is 19.3 Å². The summed E-state index contributed by atoms with van der Waals surface area (Å²) in [5.41, 5.74) is 11.9. The fraction of sp³-hybridized carbons (Fsp3) is 0.154. The number of furan rings is 1. The number of primary amides is 1. The molecule has 0 fully saturated rings. The van der Waals surface area contributed by atoms with Crippen LogP contribution < -0.4 is 26.4 Å². The molecule has 0 saturated heterocycles. The predicted octanol–water partition coefficient (Wildman–Crippen LogP) is 3.58. The second-order valence-corrected chi connectivity index (χ2v) is 8.98. The third-order valence-corrected chi connectivity index (χ3v) is 6.47. The van der Waals surface area contributed by atoms with Crippen molar-refractivity contribution in [2.24, 2.45) is 5.73 Å². The second-order valence-electron chi connectivity index (χ2n) is 8.21. The van der Waals surface area contributed by atoms with E-state index < -0.39 is 29.6 Å². The predicted molar refractivity (Wildman–Crippen MR) is 139 cm³/mol. The highest BCUT2D eigenvalue weighted by atomic mass is 32.1. The van der Waals surface area contributed by atoms with Crippen LogP contribution in [0.15, 0.2) is 65.1 Å². The first-order valence-electron chi connectivity index (χ1n) is 11.3. The highest BCUT2D eigenvalue weighted by Crippen LogP contribution is 2.35. The van der Waals surface area contributed by atoms with Crippen molar-refractivity contribution in [2.45, 2.75) is 19.5 Å². The number of hydrogen-bond acceptors (Lipinski definition) is 8. The number of hydrogen-bond donors (Lipinski definition) is 3. The number of nitrogens with two attached hydrogens (primary N) is 2. The highest BCUT2D eigenvalue weighted by Gasteiger charge is 2.38. The summed E-state index contributed by atoms with van der Waals surface area (Å²) in [7, 11) is 1.47. The maximum atomic E-state index is 14.0. The van der Waals surface area contributed by atoms with Gasteiger partial charge in [-0.15, -0.1) is 0 Å². The maximum absolute atomic E-state index is 14.0. The van der Waals surface area contributed by atoms with Crippen LogP contribution in [0.25, 0.3) is 0 Å². The monoisotopic (exact) mass is 537 g/mol. The SMILES string of the molecule is COc1cccc(N(C(=O)c2snc(C(N)=O)c2N)C(C(=O)NCc2ccc(F)cc2)c2ccc(C)o2)c1. The third-order valence-electron chi connectivity index (χ3n) is 5.62. The molecule has 0 aliphatic rings. The van der Waals surface area contributed by atoms with Gasteiger partial charge in [-0.1, -0.05) is 18.2 Å². The standard InChI is InChI=1S/C26H24FN5O5S/c1-14-6-11-19(37-14)22(25(34)30-13-15-7-9-16(27)10-8-15)32(17-4-3-5-18(12-17)36-2)26(35)23-20(28)21(24(29)33)31-38-23/h3-12,22H,13,28H2,1-2H3,(H2,29,33)(H,30,34). The first kappa shape index (κ1) is 26.4. The Kier molecular flexibility index (Phi) is 7.72. The van der Waals surface area contributed by atoms with Gasteiger partial charge in [-0.2, -0.15) is 4.37 Å². The number of halogens is 1. The molecule has 0 aliphatic carbocycles. The zero-order valence-electron chi connectivity index (χ0n) is 20.4. The molecule has 5 N–H and O–H groups in total. The summed E-state index contributed by atoms with van der Waals surface area (Å²) in [5, 5.41) is 2.79. The third kappa shape index (κ3) is 5.49. The molecule has 1 unspecified atom stereocenters. The highest BCUT2D eigenvalue weighted by molar-refractivity contribution is 7.09. The van der Waals surface area contributed by atoms with E-state index in [0.29, 0.717) is 34.3 Å². The minimum Gasteiger partial charge on any atom is -0.497 e. The van der Waals surface area contributed by atoms with Crippen molar-refractivity contribution >= 4 is 40.6 Å². The van der Waals surface area contributed by atoms with Crippen LogP contribution in [-0.2, 0) is 11.3 Å². The fourth-order valence-corrected chi connectivity index (χ4v) is 4.49. The zero-order valence-corrected chi connectivity index (χ0v) is 21.3. The minimum absolute atomic E-state index is 0.0595. The number of amides is 3. The van der Waals surface area contributed by atoms with Crippen molar-refractivity contribution in [3.05, 3.63) is 94.1 Å². The largest absolute Gasteiger partial charge is 0.497 e. The van der Waals surface area contributed by atoms with Gasteiger partial charge in [0.05, 0.1) is 12.8 Å². The Morgan fingerprint density at radius 3 is 2.50 bits per heavy atom. The molecule has 2 heterocycles. The number of aryl methyl sites for hydroxylation is 1. The Hall–Kier alpha value is -4.71. The van der Waals surface area contributed by atoms with E-state index >= 15 is 0 Å². The summed E-state index contributed by atoms with van der Waals surface area (Å²) >= 11 is 0.691. The van der Waals surface area contributed by atoms with Crippen molar-refractivity contribution in [3.8, 4) is 5.75 Å². The van der Waals surface area contributed by atoms with Gasteiger partial charge in [-0.05, 0) is 60.4 Å². The molecule has 10 nitrogen and oxygen atoms in total. The molecule has 4 rings (SSSR count). The number of rotatable bonds is 9. The summed E-state index contributed by atoms with van der Waals surface area (Å²) < 4.78 is 28.4. The van der Waals surface area contributed by atoms with Crippen molar-refractivity contribution < 1.29 is 27.9 Å². The molecule has 4 aromatic rings. The van der Waals surface area contributed by atoms with Crippen molar-refractivity contribution in [1.29, 1.82) is 0 Å². The van der Waals surface area contributed by atoms with Gasteiger partial charge in [0.2, 0.25) is 0 Å². The van der Waals surface area contributed by atoms with Crippen LogP contribution in [0.4, 0.5) is 15.8 Å². The number of carbonyl (C=O) groups is 3. The van der Waals surface area contributed by atoms with E-state index in [1.165, 1.54) is 36.3 Å². The molecule has 3 amide bonds. The Bertz CT molecular complexity index is 1480. The van der Waals surface area contributed by atoms with Gasteiger partial charge in [0.25, 0.3) is 17.7 Å². The molecule has 12 heteroatoms. The maximum Gasteiger partial charge on any atom is 0.273 e. The molecule has 38 heavy (non-hydrogen) atoms. The molecule has 2 aromatic carbocycles. The average molecular weight is 538 g/mol. The molecular formula is C26H24FN5O5S. The van der Waals surface area contributed by atoms with E-state index in [-0.39, 0.29) is 28.6 Å². The summed E-state index contributed by atoms with van der Waals surface area (Å²) in [6, 6.07) is 14.1. The Morgan fingerprint density at radius 1 is 1.16 bits per heavy atom.